The van der Waals surface area contributed by atoms with Gasteiger partial charge in [-0.2, -0.15) is 10.2 Å². The van der Waals surface area contributed by atoms with Crippen molar-refractivity contribution in [2.24, 2.45) is 11.8 Å². The van der Waals surface area contributed by atoms with Gasteiger partial charge in [-0.3, -0.25) is 19.4 Å². The quantitative estimate of drug-likeness (QED) is 0.656. The van der Waals surface area contributed by atoms with Gasteiger partial charge in [0, 0.05) is 19.0 Å². The van der Waals surface area contributed by atoms with Crippen LogP contribution in [0.3, 0.4) is 0 Å². The van der Waals surface area contributed by atoms with Crippen molar-refractivity contribution in [3.05, 3.63) is 45.7 Å². The first-order chi connectivity index (χ1) is 16.0. The molecule has 172 valence electrons. The summed E-state index contributed by atoms with van der Waals surface area (Å²) < 4.78 is 10.4. The van der Waals surface area contributed by atoms with Crippen LogP contribution < -0.4 is 20.5 Å². The molecule has 10 heteroatoms. The van der Waals surface area contributed by atoms with E-state index in [9.17, 15) is 19.6 Å². The number of anilines is 2. The second kappa shape index (κ2) is 9.32. The molecule has 2 atom stereocenters. The van der Waals surface area contributed by atoms with Crippen LogP contribution in [0, 0.1) is 23.2 Å². The number of methoxy groups -OCH3 is 1. The fourth-order valence-corrected chi connectivity index (χ4v) is 4.43. The van der Waals surface area contributed by atoms with Gasteiger partial charge in [0.15, 0.2) is 0 Å². The number of benzene rings is 1. The number of esters is 1. The van der Waals surface area contributed by atoms with E-state index in [0.717, 1.165) is 0 Å². The number of amides is 1. The summed E-state index contributed by atoms with van der Waals surface area (Å²) in [6, 6.07) is 8.99. The summed E-state index contributed by atoms with van der Waals surface area (Å²) in [6.45, 7) is 3.15. The van der Waals surface area contributed by atoms with Gasteiger partial charge in [-0.15, -0.1) is 0 Å². The van der Waals surface area contributed by atoms with E-state index >= 15 is 0 Å². The normalized spacial score (nSPS) is 20.4. The Morgan fingerprint density at radius 2 is 2.06 bits per heavy atom. The largest absolute Gasteiger partial charge is 0.497 e. The second-order valence-corrected chi connectivity index (χ2v) is 8.02. The topological polar surface area (TPSA) is 137 Å². The van der Waals surface area contributed by atoms with Crippen LogP contribution in [0.5, 0.6) is 5.75 Å². The molecule has 2 N–H and O–H groups in total. The smallest absolute Gasteiger partial charge is 0.309 e. The third-order valence-electron chi connectivity index (χ3n) is 6.12. The minimum atomic E-state index is -1.08. The Balaban J connectivity index is 1.67. The van der Waals surface area contributed by atoms with Crippen LogP contribution in [0.1, 0.15) is 36.8 Å². The van der Waals surface area contributed by atoms with Gasteiger partial charge in [-0.25, -0.2) is 0 Å². The summed E-state index contributed by atoms with van der Waals surface area (Å²) in [4.78, 5) is 47.1. The molecule has 1 fully saturated rings. The van der Waals surface area contributed by atoms with Crippen LogP contribution in [0.15, 0.2) is 29.1 Å². The van der Waals surface area contributed by atoms with Gasteiger partial charge in [0.2, 0.25) is 11.9 Å². The van der Waals surface area contributed by atoms with Crippen LogP contribution in [0.25, 0.3) is 0 Å². The molecule has 1 amide bonds. The molecule has 10 nitrogen and oxygen atoms in total. The molecule has 1 aromatic carbocycles. The molecular formula is C23H25N5O5. The van der Waals surface area contributed by atoms with Gasteiger partial charge in [0.25, 0.3) is 5.56 Å². The fraction of sp³-hybridized carbons (Fsp3) is 0.435. The number of nitrogens with zero attached hydrogens (tertiary/aromatic N) is 3. The Labute approximate surface area is 190 Å². The van der Waals surface area contributed by atoms with Crippen LogP contribution in [-0.4, -0.2) is 48.7 Å². The average Bonchev–Trinajstić information content (AvgIpc) is 2.83. The lowest BCUT2D eigenvalue weighted by Crippen LogP contribution is -2.41. The number of piperidine rings is 1. The van der Waals surface area contributed by atoms with Crippen LogP contribution in [0.4, 0.5) is 11.8 Å². The predicted octanol–water partition coefficient (Wildman–Crippen LogP) is 1.78. The Morgan fingerprint density at radius 3 is 2.73 bits per heavy atom. The van der Waals surface area contributed by atoms with E-state index in [0.29, 0.717) is 49.8 Å². The highest BCUT2D eigenvalue weighted by Crippen LogP contribution is 2.39. The summed E-state index contributed by atoms with van der Waals surface area (Å²) in [5.41, 5.74) is 0.433. The molecule has 3 heterocycles. The van der Waals surface area contributed by atoms with Gasteiger partial charge in [0.05, 0.1) is 31.3 Å². The number of aromatic amines is 1. The molecule has 0 radical (unpaired) electrons. The second-order valence-electron chi connectivity index (χ2n) is 8.02. The molecule has 0 saturated carbocycles. The third-order valence-corrected chi connectivity index (χ3v) is 6.12. The number of nitrogens with one attached hydrogen (secondary N) is 2. The Hall–Kier alpha value is -3.87. The van der Waals surface area contributed by atoms with Gasteiger partial charge in [-0.05, 0) is 37.5 Å². The lowest BCUT2D eigenvalue weighted by atomic mass is 9.79. The highest BCUT2D eigenvalue weighted by molar-refractivity contribution is 5.98. The zero-order chi connectivity index (χ0) is 23.5. The fourth-order valence-electron chi connectivity index (χ4n) is 4.43. The molecule has 1 saturated heterocycles. The van der Waals surface area contributed by atoms with Crippen molar-refractivity contribution in [2.45, 2.75) is 25.7 Å². The van der Waals surface area contributed by atoms with Gasteiger partial charge >= 0.3 is 5.97 Å². The minimum Gasteiger partial charge on any atom is -0.497 e. The number of hydrogen-bond donors (Lipinski definition) is 2. The molecule has 0 bridgehead atoms. The number of aromatic nitrogens is 2. The summed E-state index contributed by atoms with van der Waals surface area (Å²) in [5, 5.41) is 12.3. The van der Waals surface area contributed by atoms with E-state index in [2.05, 4.69) is 15.3 Å². The number of rotatable bonds is 5. The van der Waals surface area contributed by atoms with Gasteiger partial charge in [-0.1, -0.05) is 12.1 Å². The number of carbonyl (C=O) groups is 2. The molecule has 2 aromatic rings. The molecule has 0 aliphatic carbocycles. The number of hydrogen-bond acceptors (Lipinski definition) is 8. The summed E-state index contributed by atoms with van der Waals surface area (Å²) >= 11 is 0. The maximum atomic E-state index is 13.2. The van der Waals surface area contributed by atoms with E-state index in [1.807, 2.05) is 11.0 Å². The summed E-state index contributed by atoms with van der Waals surface area (Å²) in [5.74, 6) is -1.75. The molecular weight excluding hydrogens is 426 g/mol. The Bertz CT molecular complexity index is 1160. The third kappa shape index (κ3) is 4.26. The Kier molecular flexibility index (Phi) is 6.31. The predicted molar refractivity (Wildman–Crippen MR) is 119 cm³/mol. The summed E-state index contributed by atoms with van der Waals surface area (Å²) in [6.07, 6.45) is 1.16. The number of nitriles is 1. The molecule has 0 spiro atoms. The highest BCUT2D eigenvalue weighted by atomic mass is 16.5. The van der Waals surface area contributed by atoms with Crippen molar-refractivity contribution in [1.82, 2.24) is 9.97 Å². The maximum Gasteiger partial charge on any atom is 0.309 e. The van der Waals surface area contributed by atoms with E-state index in [-0.39, 0.29) is 23.3 Å². The molecule has 2 aliphatic rings. The minimum absolute atomic E-state index is 0.144. The van der Waals surface area contributed by atoms with Gasteiger partial charge in [0.1, 0.15) is 17.5 Å². The number of ether oxygens (including phenoxy) is 2. The molecule has 33 heavy (non-hydrogen) atoms. The number of carbonyl (C=O) groups excluding carboxylic acids is 2. The van der Waals surface area contributed by atoms with Crippen LogP contribution in [0.2, 0.25) is 0 Å². The maximum absolute atomic E-state index is 13.2. The van der Waals surface area contributed by atoms with E-state index in [1.54, 1.807) is 31.2 Å². The zero-order valence-corrected chi connectivity index (χ0v) is 18.5. The van der Waals surface area contributed by atoms with E-state index < -0.39 is 23.3 Å². The average molecular weight is 451 g/mol. The highest BCUT2D eigenvalue weighted by Gasteiger charge is 2.40. The molecule has 4 rings (SSSR count). The van der Waals surface area contributed by atoms with Crippen molar-refractivity contribution in [1.29, 1.82) is 5.26 Å². The number of H-pyrrole nitrogens is 1. The lowest BCUT2D eigenvalue weighted by molar-refractivity contribution is -0.148. The van der Waals surface area contributed by atoms with Gasteiger partial charge < -0.3 is 19.7 Å². The van der Waals surface area contributed by atoms with E-state index in [4.69, 9.17) is 9.47 Å². The van der Waals surface area contributed by atoms with Crippen molar-refractivity contribution in [3.63, 3.8) is 0 Å². The van der Waals surface area contributed by atoms with Crippen molar-refractivity contribution in [3.8, 4) is 11.8 Å². The zero-order valence-electron chi connectivity index (χ0n) is 18.5. The Morgan fingerprint density at radius 1 is 1.30 bits per heavy atom. The monoisotopic (exact) mass is 451 g/mol. The number of fused-ring (bicyclic) bond motifs is 1. The summed E-state index contributed by atoms with van der Waals surface area (Å²) in [7, 11) is 1.52. The van der Waals surface area contributed by atoms with Crippen molar-refractivity contribution < 1.29 is 19.1 Å². The van der Waals surface area contributed by atoms with Crippen molar-refractivity contribution in [2.75, 3.05) is 37.0 Å². The first kappa shape index (κ1) is 22.3. The SMILES string of the molecule is CCOC(=O)C1CCN(c2nc3c(c(=O)[nH]2)C(c2cccc(OC)c2)C(C#N)C(=O)N3)CC1. The molecule has 1 aromatic heterocycles. The van der Waals surface area contributed by atoms with E-state index in [1.165, 1.54) is 7.11 Å². The van der Waals surface area contributed by atoms with Crippen LogP contribution in [-0.2, 0) is 14.3 Å². The van der Waals surface area contributed by atoms with Crippen molar-refractivity contribution >= 4 is 23.6 Å². The molecule has 2 aliphatic heterocycles. The lowest BCUT2D eigenvalue weighted by Gasteiger charge is -2.33. The standard InChI is InChI=1S/C23H25N5O5/c1-3-33-22(31)13-7-9-28(10-8-13)23-26-19-18(21(30)27-23)17(16(12-24)20(29)25-19)14-5-4-6-15(11-14)32-2/h4-6,11,13,16-17H,3,7-10H2,1-2H3,(H2,25,26,27,29,30). The van der Waals surface area contributed by atoms with Crippen LogP contribution >= 0.6 is 0 Å². The molecule has 2 unspecified atom stereocenters. The first-order valence-electron chi connectivity index (χ1n) is 10.9. The first-order valence-corrected chi connectivity index (χ1v) is 10.9.